The largest absolute Gasteiger partial charge is 0.480 e. The van der Waals surface area contributed by atoms with Gasteiger partial charge in [-0.15, -0.1) is 0 Å². The molecule has 2 unspecified atom stereocenters. The molecule has 17 heavy (non-hydrogen) atoms. The van der Waals surface area contributed by atoms with E-state index in [1.165, 1.54) is 0 Å². The van der Waals surface area contributed by atoms with Crippen LogP contribution in [0.5, 0.6) is 0 Å². The van der Waals surface area contributed by atoms with Gasteiger partial charge in [0.15, 0.2) is 0 Å². The van der Waals surface area contributed by atoms with Crippen LogP contribution in [0.15, 0.2) is 23.0 Å². The summed E-state index contributed by atoms with van der Waals surface area (Å²) >= 11 is 0. The third-order valence-corrected chi connectivity index (χ3v) is 3.60. The highest BCUT2D eigenvalue weighted by Crippen LogP contribution is 2.28. The topological polar surface area (TPSA) is 53.7 Å². The zero-order valence-corrected chi connectivity index (χ0v) is 10.1. The van der Waals surface area contributed by atoms with E-state index >= 15 is 0 Å². The number of likely N-dealkylation sites (tertiary alicyclic amines) is 1. The third kappa shape index (κ3) is 2.69. The molecule has 4 heteroatoms. The molecule has 1 aromatic heterocycles. The molecule has 0 saturated carbocycles. The predicted molar refractivity (Wildman–Crippen MR) is 63.7 cm³/mol. The summed E-state index contributed by atoms with van der Waals surface area (Å²) in [7, 11) is 0. The van der Waals surface area contributed by atoms with Crippen LogP contribution in [0, 0.1) is 0 Å². The second-order valence-corrected chi connectivity index (χ2v) is 4.67. The van der Waals surface area contributed by atoms with Crippen molar-refractivity contribution in [2.45, 2.75) is 44.7 Å². The first kappa shape index (κ1) is 12.2. The number of furan rings is 1. The van der Waals surface area contributed by atoms with Crippen LogP contribution >= 0.6 is 0 Å². The van der Waals surface area contributed by atoms with Gasteiger partial charge in [-0.05, 0) is 32.4 Å². The Morgan fingerprint density at radius 1 is 1.53 bits per heavy atom. The Kier molecular flexibility index (Phi) is 3.84. The summed E-state index contributed by atoms with van der Waals surface area (Å²) in [5.74, 6) is -0.706. The van der Waals surface area contributed by atoms with Gasteiger partial charge in [-0.25, -0.2) is 0 Å². The summed E-state index contributed by atoms with van der Waals surface area (Å²) in [6.07, 6.45) is 7.29. The minimum Gasteiger partial charge on any atom is -0.480 e. The van der Waals surface area contributed by atoms with Crippen molar-refractivity contribution in [3.63, 3.8) is 0 Å². The zero-order valence-electron chi connectivity index (χ0n) is 10.1. The molecular weight excluding hydrogens is 218 g/mol. The molecule has 2 atom stereocenters. The Balaban J connectivity index is 2.17. The van der Waals surface area contributed by atoms with E-state index in [0.717, 1.165) is 37.8 Å². The first-order valence-electron chi connectivity index (χ1n) is 6.21. The Bertz CT molecular complexity index is 361. The molecule has 0 radical (unpaired) electrons. The average Bonchev–Trinajstić information content (AvgIpc) is 2.71. The van der Waals surface area contributed by atoms with Crippen LogP contribution in [0.4, 0.5) is 0 Å². The molecular formula is C13H19NO3. The van der Waals surface area contributed by atoms with Crippen molar-refractivity contribution in [1.29, 1.82) is 0 Å². The van der Waals surface area contributed by atoms with Crippen molar-refractivity contribution in [2.75, 3.05) is 6.54 Å². The number of carboxylic acids is 1. The zero-order chi connectivity index (χ0) is 12.3. The fourth-order valence-electron chi connectivity index (χ4n) is 2.56. The molecule has 1 fully saturated rings. The van der Waals surface area contributed by atoms with Crippen LogP contribution in [0.2, 0.25) is 0 Å². The molecule has 1 aromatic rings. The number of nitrogens with zero attached hydrogens (tertiary/aromatic N) is 1. The summed E-state index contributed by atoms with van der Waals surface area (Å²) in [4.78, 5) is 13.4. The van der Waals surface area contributed by atoms with E-state index in [4.69, 9.17) is 4.42 Å². The van der Waals surface area contributed by atoms with E-state index in [1.54, 1.807) is 12.5 Å². The second kappa shape index (κ2) is 5.36. The normalized spacial score (nSPS) is 24.2. The summed E-state index contributed by atoms with van der Waals surface area (Å²) < 4.78 is 5.08. The molecule has 0 spiro atoms. The summed E-state index contributed by atoms with van der Waals surface area (Å²) in [5.41, 5.74) is 1.05. The van der Waals surface area contributed by atoms with E-state index in [-0.39, 0.29) is 12.1 Å². The quantitative estimate of drug-likeness (QED) is 0.878. The lowest BCUT2D eigenvalue weighted by Gasteiger charge is -2.32. The molecule has 0 amide bonds. The van der Waals surface area contributed by atoms with Crippen LogP contribution in [0.1, 0.15) is 44.2 Å². The number of carbonyl (C=O) groups is 1. The molecule has 0 bridgehead atoms. The van der Waals surface area contributed by atoms with Gasteiger partial charge in [-0.1, -0.05) is 12.8 Å². The maximum atomic E-state index is 11.3. The molecule has 1 saturated heterocycles. The highest BCUT2D eigenvalue weighted by atomic mass is 16.4. The fraction of sp³-hybridized carbons (Fsp3) is 0.615. The molecule has 2 rings (SSSR count). The van der Waals surface area contributed by atoms with Crippen LogP contribution in [-0.4, -0.2) is 28.6 Å². The van der Waals surface area contributed by atoms with Gasteiger partial charge in [0, 0.05) is 11.6 Å². The number of hydrogen-bond acceptors (Lipinski definition) is 3. The van der Waals surface area contributed by atoms with Crippen molar-refractivity contribution in [2.24, 2.45) is 0 Å². The van der Waals surface area contributed by atoms with Gasteiger partial charge < -0.3 is 9.52 Å². The molecule has 0 aliphatic carbocycles. The van der Waals surface area contributed by atoms with Gasteiger partial charge in [0.1, 0.15) is 6.04 Å². The van der Waals surface area contributed by atoms with Crippen LogP contribution in [0.3, 0.4) is 0 Å². The molecule has 2 heterocycles. The van der Waals surface area contributed by atoms with Crippen molar-refractivity contribution >= 4 is 5.97 Å². The number of hydrogen-bond donors (Lipinski definition) is 1. The van der Waals surface area contributed by atoms with Gasteiger partial charge in [0.05, 0.1) is 12.5 Å². The standard InChI is InChI=1S/C13H19NO3/c1-10(11-6-8-17-9-11)14-7-4-2-3-5-12(14)13(15)16/h6,8-10,12H,2-5,7H2,1H3,(H,15,16). The maximum Gasteiger partial charge on any atom is 0.320 e. The highest BCUT2D eigenvalue weighted by Gasteiger charge is 2.31. The van der Waals surface area contributed by atoms with Crippen LogP contribution < -0.4 is 0 Å². The van der Waals surface area contributed by atoms with Gasteiger partial charge in [0.2, 0.25) is 0 Å². The molecule has 1 aliphatic heterocycles. The molecule has 4 nitrogen and oxygen atoms in total. The van der Waals surface area contributed by atoms with Crippen LogP contribution in [-0.2, 0) is 4.79 Å². The fourth-order valence-corrected chi connectivity index (χ4v) is 2.56. The first-order chi connectivity index (χ1) is 8.20. The van der Waals surface area contributed by atoms with E-state index < -0.39 is 5.97 Å². The van der Waals surface area contributed by atoms with Crippen LogP contribution in [0.25, 0.3) is 0 Å². The Morgan fingerprint density at radius 2 is 2.35 bits per heavy atom. The number of aliphatic carboxylic acids is 1. The van der Waals surface area contributed by atoms with Gasteiger partial charge >= 0.3 is 5.97 Å². The first-order valence-corrected chi connectivity index (χ1v) is 6.21. The summed E-state index contributed by atoms with van der Waals surface area (Å²) in [6, 6.07) is 1.66. The van der Waals surface area contributed by atoms with E-state index in [2.05, 4.69) is 4.90 Å². The van der Waals surface area contributed by atoms with Crippen molar-refractivity contribution < 1.29 is 14.3 Å². The lowest BCUT2D eigenvalue weighted by Crippen LogP contribution is -2.42. The summed E-state index contributed by atoms with van der Waals surface area (Å²) in [6.45, 7) is 2.90. The van der Waals surface area contributed by atoms with Crippen molar-refractivity contribution in [1.82, 2.24) is 4.90 Å². The smallest absolute Gasteiger partial charge is 0.320 e. The van der Waals surface area contributed by atoms with Gasteiger partial charge in [-0.3, -0.25) is 9.69 Å². The SMILES string of the molecule is CC(c1ccoc1)N1CCCCCC1C(=O)O. The predicted octanol–water partition coefficient (Wildman–Crippen LogP) is 2.67. The van der Waals surface area contributed by atoms with Crippen molar-refractivity contribution in [3.05, 3.63) is 24.2 Å². The minimum atomic E-state index is -0.706. The lowest BCUT2D eigenvalue weighted by atomic mass is 10.1. The Morgan fingerprint density at radius 3 is 3.00 bits per heavy atom. The second-order valence-electron chi connectivity index (χ2n) is 4.67. The molecule has 1 N–H and O–H groups in total. The molecule has 1 aliphatic rings. The Labute approximate surface area is 101 Å². The minimum absolute atomic E-state index is 0.105. The van der Waals surface area contributed by atoms with E-state index in [0.29, 0.717) is 0 Å². The van der Waals surface area contributed by atoms with Crippen molar-refractivity contribution in [3.8, 4) is 0 Å². The summed E-state index contributed by atoms with van der Waals surface area (Å²) in [5, 5.41) is 9.31. The highest BCUT2D eigenvalue weighted by molar-refractivity contribution is 5.73. The lowest BCUT2D eigenvalue weighted by molar-refractivity contribution is -0.144. The van der Waals surface area contributed by atoms with Gasteiger partial charge in [-0.2, -0.15) is 0 Å². The Hall–Kier alpha value is -1.29. The maximum absolute atomic E-state index is 11.3. The average molecular weight is 237 g/mol. The third-order valence-electron chi connectivity index (χ3n) is 3.60. The van der Waals surface area contributed by atoms with E-state index in [9.17, 15) is 9.90 Å². The molecule has 94 valence electrons. The van der Waals surface area contributed by atoms with Gasteiger partial charge in [0.25, 0.3) is 0 Å². The number of rotatable bonds is 3. The molecule has 0 aromatic carbocycles. The number of carboxylic acid groups (broad SMARTS) is 1. The monoisotopic (exact) mass is 237 g/mol. The van der Waals surface area contributed by atoms with E-state index in [1.807, 2.05) is 13.0 Å².